The minimum absolute atomic E-state index is 0.174. The Bertz CT molecular complexity index is 1140. The molecule has 2 atom stereocenters. The summed E-state index contributed by atoms with van der Waals surface area (Å²) < 4.78 is 20.0. The quantitative estimate of drug-likeness (QED) is 0.0269. The molecule has 0 radical (unpaired) electrons. The van der Waals surface area contributed by atoms with Gasteiger partial charge in [-0.1, -0.05) is 0 Å². The van der Waals surface area contributed by atoms with E-state index in [2.05, 4.69) is 25.0 Å². The number of unbranched alkanes of at least 4 members (excludes halogenated alkanes) is 1. The van der Waals surface area contributed by atoms with E-state index in [-0.39, 0.29) is 98.0 Å². The van der Waals surface area contributed by atoms with E-state index in [0.29, 0.717) is 12.8 Å². The highest BCUT2D eigenvalue weighted by Gasteiger charge is 2.24. The fraction of sp³-hybridized carbons (Fsp3) is 0.778. The van der Waals surface area contributed by atoms with Gasteiger partial charge in [-0.05, 0) is 19.3 Å². The molecule has 25 heteroatoms. The summed E-state index contributed by atoms with van der Waals surface area (Å²) in [5.41, 5.74) is 0. The highest BCUT2D eigenvalue weighted by molar-refractivity contribution is 7.39. The number of nitrogens with zero attached hydrogens (tertiary/aromatic N) is 5. The molecule has 9 N–H and O–H groups in total. The first-order chi connectivity index (χ1) is 24.6. The summed E-state index contributed by atoms with van der Waals surface area (Å²) in [6.45, 7) is -0.437. The van der Waals surface area contributed by atoms with E-state index in [1.54, 1.807) is 19.6 Å². The molecule has 300 valence electrons. The van der Waals surface area contributed by atoms with E-state index in [0.717, 1.165) is 4.90 Å². The molecule has 0 aromatic carbocycles. The lowest BCUT2D eigenvalue weighted by molar-refractivity contribution is -0.140. The fourth-order valence-corrected chi connectivity index (χ4v) is 5.60. The molecule has 1 saturated heterocycles. The van der Waals surface area contributed by atoms with Gasteiger partial charge in [0.15, 0.2) is 0 Å². The second-order valence-electron chi connectivity index (χ2n) is 11.7. The summed E-state index contributed by atoms with van der Waals surface area (Å²) in [6, 6.07) is -0.925. The zero-order valence-corrected chi connectivity index (χ0v) is 30.9. The predicted molar refractivity (Wildman–Crippen MR) is 183 cm³/mol. The highest BCUT2D eigenvalue weighted by atomic mass is 31.2. The summed E-state index contributed by atoms with van der Waals surface area (Å²) in [4.78, 5) is 107. The maximum absolute atomic E-state index is 13.2. The van der Waals surface area contributed by atoms with Crippen LogP contribution in [0.4, 0.5) is 0 Å². The Labute approximate surface area is 302 Å². The minimum atomic E-state index is -3.31. The van der Waals surface area contributed by atoms with E-state index in [9.17, 15) is 48.7 Å². The fourth-order valence-electron chi connectivity index (χ4n) is 5.04. The Hall–Kier alpha value is -2.92. The SMILES string of the molecule is CNC(=O)[C@@H](CCCCNC(=O)CN(COP(O)O)CO[PH](=O)O)NC(=O)CN1CCN(CC(=O)O)CCN(CC(=O)O)CCN(CC(=O)O)CC1. The maximum atomic E-state index is 13.2. The number of carbonyl (C=O) groups excluding carboxylic acids is 3. The number of carboxylic acids is 3. The van der Waals surface area contributed by atoms with Crippen LogP contribution in [0.25, 0.3) is 0 Å². The van der Waals surface area contributed by atoms with Crippen molar-refractivity contribution in [1.29, 1.82) is 0 Å². The first-order valence-corrected chi connectivity index (χ1v) is 18.7. The van der Waals surface area contributed by atoms with Crippen LogP contribution < -0.4 is 16.0 Å². The van der Waals surface area contributed by atoms with Crippen molar-refractivity contribution in [3.05, 3.63) is 0 Å². The zero-order chi connectivity index (χ0) is 39.1. The van der Waals surface area contributed by atoms with Crippen LogP contribution in [0.3, 0.4) is 0 Å². The van der Waals surface area contributed by atoms with Crippen LogP contribution in [0.2, 0.25) is 0 Å². The summed E-state index contributed by atoms with van der Waals surface area (Å²) in [6.07, 6.45) is 1.01. The average molecular weight is 791 g/mol. The molecule has 3 amide bonds. The van der Waals surface area contributed by atoms with Crippen molar-refractivity contribution in [3.8, 4) is 0 Å². The highest BCUT2D eigenvalue weighted by Crippen LogP contribution is 2.24. The Morgan fingerprint density at radius 1 is 0.750 bits per heavy atom. The van der Waals surface area contributed by atoms with Crippen molar-refractivity contribution < 1.29 is 72.4 Å². The van der Waals surface area contributed by atoms with E-state index < -0.39 is 72.0 Å². The first-order valence-electron chi connectivity index (χ1n) is 16.3. The molecule has 1 unspecified atom stereocenters. The van der Waals surface area contributed by atoms with E-state index in [4.69, 9.17) is 14.7 Å². The molecule has 0 aromatic rings. The molecule has 1 heterocycles. The molecule has 1 fully saturated rings. The van der Waals surface area contributed by atoms with Crippen molar-refractivity contribution in [2.45, 2.75) is 25.3 Å². The van der Waals surface area contributed by atoms with Gasteiger partial charge in [0.2, 0.25) is 17.7 Å². The Morgan fingerprint density at radius 2 is 1.21 bits per heavy atom. The lowest BCUT2D eigenvalue weighted by Crippen LogP contribution is -2.52. The number of hydrogen-bond acceptors (Lipinski definition) is 16. The second kappa shape index (κ2) is 26.8. The van der Waals surface area contributed by atoms with E-state index in [1.807, 2.05) is 0 Å². The van der Waals surface area contributed by atoms with Crippen molar-refractivity contribution in [2.75, 3.05) is 112 Å². The predicted octanol–water partition coefficient (Wildman–Crippen LogP) is -4.18. The lowest BCUT2D eigenvalue weighted by Gasteiger charge is -2.33. The summed E-state index contributed by atoms with van der Waals surface area (Å²) in [7, 11) is -4.63. The summed E-state index contributed by atoms with van der Waals surface area (Å²) in [5, 5.41) is 36.0. The van der Waals surface area contributed by atoms with Crippen LogP contribution in [-0.4, -0.2) is 208 Å². The lowest BCUT2D eigenvalue weighted by atomic mass is 10.1. The number of carboxylic acid groups (broad SMARTS) is 3. The van der Waals surface area contributed by atoms with Crippen LogP contribution in [0.5, 0.6) is 0 Å². The first kappa shape index (κ1) is 47.1. The largest absolute Gasteiger partial charge is 0.480 e. The molecule has 0 bridgehead atoms. The second-order valence-corrected chi connectivity index (χ2v) is 13.3. The number of carbonyl (C=O) groups is 6. The van der Waals surface area contributed by atoms with Gasteiger partial charge in [-0.2, -0.15) is 0 Å². The summed E-state index contributed by atoms with van der Waals surface area (Å²) >= 11 is 0. The number of likely N-dealkylation sites (N-methyl/N-ethyl adjacent to an activating group) is 1. The number of hydrogen-bond donors (Lipinski definition) is 9. The van der Waals surface area contributed by atoms with Crippen LogP contribution >= 0.6 is 16.9 Å². The van der Waals surface area contributed by atoms with Crippen LogP contribution in [-0.2, 0) is 42.4 Å². The smallest absolute Gasteiger partial charge is 0.328 e. The maximum Gasteiger partial charge on any atom is 0.328 e. The third-order valence-electron chi connectivity index (χ3n) is 7.61. The Balaban J connectivity index is 2.81. The van der Waals surface area contributed by atoms with Gasteiger partial charge in [0, 0.05) is 66.0 Å². The van der Waals surface area contributed by atoms with Gasteiger partial charge in [-0.3, -0.25) is 62.0 Å². The van der Waals surface area contributed by atoms with Gasteiger partial charge in [-0.25, -0.2) is 4.90 Å². The van der Waals surface area contributed by atoms with Crippen LogP contribution in [0.15, 0.2) is 0 Å². The number of amides is 3. The third kappa shape index (κ3) is 23.6. The molecule has 1 aliphatic rings. The van der Waals surface area contributed by atoms with Crippen LogP contribution in [0.1, 0.15) is 19.3 Å². The standard InChI is InChI=1S/C27H52N8O15P2/c1-28-27(44)21(4-2-3-5-29-22(36)14-35(19-49-51(45)46)20-50-52(47)48)30-23(37)15-31-6-8-32(16-24(38)39)10-12-34(18-26(42)43)13-11-33(9-7-31)17-25(40)41/h21,45-46,52H,2-20H2,1H3,(H,28,44)(H,29,36)(H,30,37)(H,38,39)(H,40,41)(H,42,43)(H,47,48)/t21-/m1/s1. The third-order valence-corrected chi connectivity index (χ3v) is 8.33. The Kier molecular flexibility index (Phi) is 24.3. The van der Waals surface area contributed by atoms with Gasteiger partial charge in [0.05, 0.1) is 32.7 Å². The minimum Gasteiger partial charge on any atom is -0.480 e. The molecule has 0 aromatic heterocycles. The molecule has 52 heavy (non-hydrogen) atoms. The topological polar surface area (TPSA) is 312 Å². The molecule has 0 spiro atoms. The molecule has 23 nitrogen and oxygen atoms in total. The Morgan fingerprint density at radius 3 is 1.62 bits per heavy atom. The number of aliphatic carboxylic acids is 3. The van der Waals surface area contributed by atoms with Crippen molar-refractivity contribution in [1.82, 2.24) is 40.4 Å². The van der Waals surface area contributed by atoms with Crippen LogP contribution in [0, 0.1) is 0 Å². The normalized spacial score (nSPS) is 17.1. The number of rotatable bonds is 23. The van der Waals surface area contributed by atoms with Gasteiger partial charge in [0.1, 0.15) is 19.5 Å². The molecule has 0 saturated carbocycles. The van der Waals surface area contributed by atoms with Gasteiger partial charge >= 0.3 is 34.8 Å². The molecular weight excluding hydrogens is 738 g/mol. The van der Waals surface area contributed by atoms with Crippen molar-refractivity contribution in [2.24, 2.45) is 0 Å². The number of nitrogens with one attached hydrogen (secondary N) is 3. The van der Waals surface area contributed by atoms with E-state index >= 15 is 0 Å². The molecular formula is C27H52N8O15P2. The zero-order valence-electron chi connectivity index (χ0n) is 29.1. The van der Waals surface area contributed by atoms with E-state index in [1.165, 1.54) is 7.05 Å². The van der Waals surface area contributed by atoms with Crippen molar-refractivity contribution in [3.63, 3.8) is 0 Å². The van der Waals surface area contributed by atoms with Gasteiger partial charge < -0.3 is 46.0 Å². The molecule has 1 rings (SSSR count). The van der Waals surface area contributed by atoms with Gasteiger partial charge in [-0.15, -0.1) is 0 Å². The average Bonchev–Trinajstić information content (AvgIpc) is 3.05. The summed E-state index contributed by atoms with van der Waals surface area (Å²) in [5.74, 6) is -4.70. The molecule has 1 aliphatic heterocycles. The van der Waals surface area contributed by atoms with Gasteiger partial charge in [0.25, 0.3) is 0 Å². The molecule has 0 aliphatic carbocycles. The monoisotopic (exact) mass is 790 g/mol. The van der Waals surface area contributed by atoms with Crippen molar-refractivity contribution >= 4 is 52.5 Å².